The molecule has 2 nitrogen and oxygen atoms in total. The Labute approximate surface area is 130 Å². The molecule has 2 aliphatic carbocycles. The van der Waals surface area contributed by atoms with Crippen molar-refractivity contribution in [2.45, 2.75) is 56.0 Å². The minimum absolute atomic E-state index is 0.234. The van der Waals surface area contributed by atoms with Crippen LogP contribution in [0.15, 0.2) is 12.1 Å². The van der Waals surface area contributed by atoms with E-state index in [2.05, 4.69) is 0 Å². The van der Waals surface area contributed by atoms with E-state index in [9.17, 15) is 5.11 Å². The van der Waals surface area contributed by atoms with Gasteiger partial charge in [-0.2, -0.15) is 0 Å². The molecule has 0 aromatic heterocycles. The second-order valence-corrected chi connectivity index (χ2v) is 7.10. The quantitative estimate of drug-likeness (QED) is 0.871. The van der Waals surface area contributed by atoms with Crippen LogP contribution in [0.25, 0.3) is 0 Å². The van der Waals surface area contributed by atoms with Gasteiger partial charge in [0.25, 0.3) is 0 Å². The first-order chi connectivity index (χ1) is 9.52. The molecule has 2 atom stereocenters. The number of hydrogen-bond donors (Lipinski definition) is 2. The highest BCUT2D eigenvalue weighted by Crippen LogP contribution is 2.55. The Kier molecular flexibility index (Phi) is 3.79. The molecular weight excluding hydrogens is 293 g/mol. The van der Waals surface area contributed by atoms with Crippen molar-refractivity contribution in [1.29, 1.82) is 0 Å². The van der Waals surface area contributed by atoms with Crippen LogP contribution in [0.3, 0.4) is 0 Å². The molecule has 4 heteroatoms. The fraction of sp³-hybridized carbons (Fsp3) is 0.625. The molecule has 2 unspecified atom stereocenters. The van der Waals surface area contributed by atoms with Crippen LogP contribution in [0.5, 0.6) is 0 Å². The molecule has 1 saturated carbocycles. The van der Waals surface area contributed by atoms with Crippen LogP contribution in [0.4, 0.5) is 0 Å². The van der Waals surface area contributed by atoms with Crippen molar-refractivity contribution < 1.29 is 5.11 Å². The number of halogens is 2. The first-order valence-corrected chi connectivity index (χ1v) is 8.19. The molecular formula is C16H21Cl2NO. The smallest absolute Gasteiger partial charge is 0.0747 e. The van der Waals surface area contributed by atoms with E-state index >= 15 is 0 Å². The Hall–Kier alpha value is -0.280. The van der Waals surface area contributed by atoms with Gasteiger partial charge in [0.05, 0.1) is 15.6 Å². The van der Waals surface area contributed by atoms with Crippen molar-refractivity contribution in [2.24, 2.45) is 5.73 Å². The van der Waals surface area contributed by atoms with E-state index in [-0.39, 0.29) is 5.41 Å². The maximum absolute atomic E-state index is 11.2. The van der Waals surface area contributed by atoms with Gasteiger partial charge in [-0.3, -0.25) is 0 Å². The second-order valence-electron chi connectivity index (χ2n) is 6.28. The SMILES string of the molecule is NCCC12CCCCC1(O)CCc1cc(Cl)c(Cl)cc12. The first-order valence-electron chi connectivity index (χ1n) is 7.43. The zero-order valence-electron chi connectivity index (χ0n) is 11.6. The number of hydrogen-bond acceptors (Lipinski definition) is 2. The molecule has 2 aliphatic rings. The lowest BCUT2D eigenvalue weighted by molar-refractivity contribution is -0.0862. The van der Waals surface area contributed by atoms with Gasteiger partial charge in [0.15, 0.2) is 0 Å². The summed E-state index contributed by atoms with van der Waals surface area (Å²) in [5.41, 5.74) is 7.43. The van der Waals surface area contributed by atoms with Gasteiger partial charge in [0.2, 0.25) is 0 Å². The van der Waals surface area contributed by atoms with Crippen molar-refractivity contribution in [2.75, 3.05) is 6.54 Å². The van der Waals surface area contributed by atoms with Crippen molar-refractivity contribution >= 4 is 23.2 Å². The fourth-order valence-electron chi connectivity index (χ4n) is 4.39. The lowest BCUT2D eigenvalue weighted by atomic mass is 9.53. The molecule has 0 amide bonds. The zero-order valence-corrected chi connectivity index (χ0v) is 13.1. The number of nitrogens with two attached hydrogens (primary N) is 1. The molecule has 0 heterocycles. The molecule has 20 heavy (non-hydrogen) atoms. The van der Waals surface area contributed by atoms with E-state index in [4.69, 9.17) is 28.9 Å². The van der Waals surface area contributed by atoms with Crippen LogP contribution >= 0.6 is 23.2 Å². The summed E-state index contributed by atoms with van der Waals surface area (Å²) in [5, 5.41) is 12.4. The third kappa shape index (κ3) is 2.00. The lowest BCUT2D eigenvalue weighted by Crippen LogP contribution is -2.57. The van der Waals surface area contributed by atoms with Gasteiger partial charge in [0, 0.05) is 5.41 Å². The molecule has 0 radical (unpaired) electrons. The average Bonchev–Trinajstić information content (AvgIpc) is 2.42. The third-order valence-electron chi connectivity index (χ3n) is 5.38. The Morgan fingerprint density at radius 2 is 1.80 bits per heavy atom. The van der Waals surface area contributed by atoms with Gasteiger partial charge < -0.3 is 10.8 Å². The number of aliphatic hydroxyl groups is 1. The van der Waals surface area contributed by atoms with Crippen LogP contribution in [0.2, 0.25) is 10.0 Å². The van der Waals surface area contributed by atoms with Crippen molar-refractivity contribution in [3.8, 4) is 0 Å². The monoisotopic (exact) mass is 313 g/mol. The molecule has 0 spiro atoms. The summed E-state index contributed by atoms with van der Waals surface area (Å²) in [6.07, 6.45) is 6.58. The second kappa shape index (κ2) is 5.17. The number of benzene rings is 1. The molecule has 1 aromatic rings. The van der Waals surface area contributed by atoms with E-state index in [1.54, 1.807) is 0 Å². The minimum Gasteiger partial charge on any atom is -0.389 e. The Balaban J connectivity index is 2.19. The molecule has 1 fully saturated rings. The largest absolute Gasteiger partial charge is 0.389 e. The Morgan fingerprint density at radius 3 is 2.55 bits per heavy atom. The molecule has 0 bridgehead atoms. The summed E-state index contributed by atoms with van der Waals surface area (Å²) in [7, 11) is 0. The minimum atomic E-state index is -0.630. The van der Waals surface area contributed by atoms with Crippen molar-refractivity contribution in [1.82, 2.24) is 0 Å². The van der Waals surface area contributed by atoms with Crippen LogP contribution in [-0.4, -0.2) is 17.3 Å². The zero-order chi connectivity index (χ0) is 14.4. The predicted molar refractivity (Wildman–Crippen MR) is 83.6 cm³/mol. The van der Waals surface area contributed by atoms with Gasteiger partial charge in [-0.05, 0) is 61.9 Å². The van der Waals surface area contributed by atoms with E-state index in [0.717, 1.165) is 44.9 Å². The van der Waals surface area contributed by atoms with Gasteiger partial charge >= 0.3 is 0 Å². The summed E-state index contributed by atoms with van der Waals surface area (Å²) in [6.45, 7) is 0.585. The summed E-state index contributed by atoms with van der Waals surface area (Å²) in [5.74, 6) is 0. The molecule has 0 saturated heterocycles. The third-order valence-corrected chi connectivity index (χ3v) is 6.10. The topological polar surface area (TPSA) is 46.2 Å². The van der Waals surface area contributed by atoms with Crippen molar-refractivity contribution in [3.05, 3.63) is 33.3 Å². The van der Waals surface area contributed by atoms with Gasteiger partial charge in [-0.1, -0.05) is 36.0 Å². The Bertz CT molecular complexity index is 529. The number of aryl methyl sites for hydroxylation is 1. The molecule has 1 aromatic carbocycles. The normalized spacial score (nSPS) is 32.6. The van der Waals surface area contributed by atoms with Crippen molar-refractivity contribution in [3.63, 3.8) is 0 Å². The summed E-state index contributed by atoms with van der Waals surface area (Å²) in [4.78, 5) is 0. The van der Waals surface area contributed by atoms with Gasteiger partial charge in [0.1, 0.15) is 0 Å². The Morgan fingerprint density at radius 1 is 1.10 bits per heavy atom. The highest BCUT2D eigenvalue weighted by molar-refractivity contribution is 6.42. The van der Waals surface area contributed by atoms with Crippen LogP contribution < -0.4 is 5.73 Å². The van der Waals surface area contributed by atoms with Crippen LogP contribution in [0.1, 0.15) is 49.7 Å². The van der Waals surface area contributed by atoms with E-state index < -0.39 is 5.60 Å². The van der Waals surface area contributed by atoms with Crippen LogP contribution in [-0.2, 0) is 11.8 Å². The van der Waals surface area contributed by atoms with E-state index in [1.165, 1.54) is 11.1 Å². The van der Waals surface area contributed by atoms with Gasteiger partial charge in [-0.15, -0.1) is 0 Å². The maximum atomic E-state index is 11.2. The summed E-state index contributed by atoms with van der Waals surface area (Å²) < 4.78 is 0. The average molecular weight is 314 g/mol. The number of rotatable bonds is 2. The molecule has 110 valence electrons. The highest BCUT2D eigenvalue weighted by Gasteiger charge is 2.54. The van der Waals surface area contributed by atoms with E-state index in [1.807, 2.05) is 12.1 Å². The summed E-state index contributed by atoms with van der Waals surface area (Å²) in [6, 6.07) is 3.95. The van der Waals surface area contributed by atoms with E-state index in [0.29, 0.717) is 16.6 Å². The maximum Gasteiger partial charge on any atom is 0.0747 e. The lowest BCUT2D eigenvalue weighted by Gasteiger charge is -2.54. The highest BCUT2D eigenvalue weighted by atomic mass is 35.5. The molecule has 3 rings (SSSR count). The number of fused-ring (bicyclic) bond motifs is 3. The first kappa shape index (κ1) is 14.6. The molecule has 3 N–H and O–H groups in total. The standard InChI is InChI=1S/C16H21Cl2NO/c17-13-9-11-3-6-16(20)5-2-1-4-15(16,7-8-19)12(11)10-14(13)18/h9-10,20H,1-8,19H2. The summed E-state index contributed by atoms with van der Waals surface area (Å²) >= 11 is 12.4. The fourth-order valence-corrected chi connectivity index (χ4v) is 4.74. The molecule has 0 aliphatic heterocycles. The van der Waals surface area contributed by atoms with Crippen LogP contribution in [0, 0.1) is 0 Å². The van der Waals surface area contributed by atoms with Gasteiger partial charge in [-0.25, -0.2) is 0 Å². The predicted octanol–water partition coefficient (Wildman–Crippen LogP) is 3.83.